The van der Waals surface area contributed by atoms with Crippen molar-refractivity contribution >= 4 is 17.6 Å². The van der Waals surface area contributed by atoms with Crippen molar-refractivity contribution in [2.75, 3.05) is 26.2 Å². The number of carbonyl (C=O) groups excluding carboxylic acids is 3. The first kappa shape index (κ1) is 22.4. The molecule has 164 valence electrons. The van der Waals surface area contributed by atoms with Crippen LogP contribution in [0.4, 0.5) is 4.39 Å². The monoisotopic (exact) mass is 418 g/mol. The molecule has 2 aliphatic rings. The van der Waals surface area contributed by atoms with Gasteiger partial charge in [-0.1, -0.05) is 30.3 Å². The molecule has 0 saturated carbocycles. The van der Waals surface area contributed by atoms with Crippen LogP contribution >= 0.6 is 0 Å². The van der Waals surface area contributed by atoms with E-state index in [1.807, 2.05) is 0 Å². The Morgan fingerprint density at radius 2 is 1.70 bits per heavy atom. The first-order valence-corrected chi connectivity index (χ1v) is 10.6. The second-order valence-electron chi connectivity index (χ2n) is 8.28. The maximum absolute atomic E-state index is 15.2. The van der Waals surface area contributed by atoms with Crippen molar-refractivity contribution in [3.8, 4) is 0 Å². The second-order valence-corrected chi connectivity index (χ2v) is 8.28. The van der Waals surface area contributed by atoms with E-state index in [2.05, 4.69) is 10.2 Å². The summed E-state index contributed by atoms with van der Waals surface area (Å²) in [5.41, 5.74) is 5.49. The standard InChI is InChI=1S/C22H31FN4O3/c1-16(28)25-18(20(29)17-7-3-2-4-8-17)15-19(23)26-13-9-22(10-14-26,21(24)30)27-11-5-6-12-27/h2-4,7-8,18-19H,5-6,9-15H2,1H3,(H2,24,30)(H,25,28). The topological polar surface area (TPSA) is 95.7 Å². The number of carbonyl (C=O) groups is 3. The van der Waals surface area contributed by atoms with E-state index in [1.54, 1.807) is 35.2 Å². The van der Waals surface area contributed by atoms with E-state index < -0.39 is 17.9 Å². The summed E-state index contributed by atoms with van der Waals surface area (Å²) in [5, 5.41) is 2.59. The lowest BCUT2D eigenvalue weighted by molar-refractivity contribution is -0.134. The van der Waals surface area contributed by atoms with Crippen LogP contribution in [0.1, 0.15) is 49.4 Å². The number of rotatable bonds is 8. The molecular weight excluding hydrogens is 387 g/mol. The average molecular weight is 419 g/mol. The molecule has 2 heterocycles. The highest BCUT2D eigenvalue weighted by molar-refractivity contribution is 6.01. The second kappa shape index (κ2) is 9.66. The normalized spacial score (nSPS) is 21.7. The van der Waals surface area contributed by atoms with E-state index in [9.17, 15) is 14.4 Å². The van der Waals surface area contributed by atoms with Crippen LogP contribution in [0.2, 0.25) is 0 Å². The zero-order valence-electron chi connectivity index (χ0n) is 17.5. The van der Waals surface area contributed by atoms with Gasteiger partial charge in [0.1, 0.15) is 5.54 Å². The van der Waals surface area contributed by atoms with Crippen molar-refractivity contribution in [2.45, 2.75) is 56.9 Å². The number of halogens is 1. The average Bonchev–Trinajstić information content (AvgIpc) is 3.28. The van der Waals surface area contributed by atoms with Gasteiger partial charge in [-0.2, -0.15) is 0 Å². The number of likely N-dealkylation sites (tertiary alicyclic amines) is 2. The Labute approximate surface area is 176 Å². The predicted molar refractivity (Wildman–Crippen MR) is 111 cm³/mol. The van der Waals surface area contributed by atoms with E-state index in [4.69, 9.17) is 5.73 Å². The van der Waals surface area contributed by atoms with E-state index in [-0.39, 0.29) is 24.0 Å². The minimum Gasteiger partial charge on any atom is -0.368 e. The molecule has 1 aromatic rings. The van der Waals surface area contributed by atoms with Crippen LogP contribution in [0.25, 0.3) is 0 Å². The van der Waals surface area contributed by atoms with Crippen molar-refractivity contribution in [1.82, 2.24) is 15.1 Å². The molecular formula is C22H31FN4O3. The summed E-state index contributed by atoms with van der Waals surface area (Å²) in [4.78, 5) is 40.5. The van der Waals surface area contributed by atoms with E-state index in [1.165, 1.54) is 6.92 Å². The van der Waals surface area contributed by atoms with Gasteiger partial charge in [-0.3, -0.25) is 24.2 Å². The molecule has 3 N–H and O–H groups in total. The first-order chi connectivity index (χ1) is 14.3. The third kappa shape index (κ3) is 4.87. The quantitative estimate of drug-likeness (QED) is 0.492. The van der Waals surface area contributed by atoms with Gasteiger partial charge in [0, 0.05) is 32.0 Å². The summed E-state index contributed by atoms with van der Waals surface area (Å²) < 4.78 is 15.2. The summed E-state index contributed by atoms with van der Waals surface area (Å²) in [6, 6.07) is 7.63. The van der Waals surface area contributed by atoms with Gasteiger partial charge < -0.3 is 11.1 Å². The number of nitrogens with zero attached hydrogens (tertiary/aromatic N) is 2. The van der Waals surface area contributed by atoms with Crippen LogP contribution in [-0.4, -0.2) is 71.5 Å². The molecule has 0 bridgehead atoms. The van der Waals surface area contributed by atoms with E-state index in [0.29, 0.717) is 31.5 Å². The highest BCUT2D eigenvalue weighted by Gasteiger charge is 2.46. The van der Waals surface area contributed by atoms with Crippen LogP contribution in [0.15, 0.2) is 30.3 Å². The molecule has 0 radical (unpaired) electrons. The maximum atomic E-state index is 15.2. The third-order valence-corrected chi connectivity index (χ3v) is 6.37. The maximum Gasteiger partial charge on any atom is 0.238 e. The van der Waals surface area contributed by atoms with Crippen LogP contribution in [0.3, 0.4) is 0 Å². The van der Waals surface area contributed by atoms with Crippen molar-refractivity contribution in [3.63, 3.8) is 0 Å². The fourth-order valence-corrected chi connectivity index (χ4v) is 4.66. The largest absolute Gasteiger partial charge is 0.368 e. The van der Waals surface area contributed by atoms with Crippen molar-refractivity contribution in [2.24, 2.45) is 5.73 Å². The SMILES string of the molecule is CC(=O)NC(CC(F)N1CCC(C(N)=O)(N2CCCC2)CC1)C(=O)c1ccccc1. The summed E-state index contributed by atoms with van der Waals surface area (Å²) in [5.74, 6) is -1.03. The van der Waals surface area contributed by atoms with E-state index >= 15 is 4.39 Å². The van der Waals surface area contributed by atoms with Crippen LogP contribution < -0.4 is 11.1 Å². The van der Waals surface area contributed by atoms with Gasteiger partial charge >= 0.3 is 0 Å². The fraction of sp³-hybridized carbons (Fsp3) is 0.591. The molecule has 0 spiro atoms. The predicted octanol–water partition coefficient (Wildman–Crippen LogP) is 1.48. The molecule has 0 aromatic heterocycles. The Morgan fingerprint density at radius 1 is 1.10 bits per heavy atom. The minimum atomic E-state index is -1.40. The zero-order valence-corrected chi connectivity index (χ0v) is 17.5. The molecule has 7 nitrogen and oxygen atoms in total. The van der Waals surface area contributed by atoms with Crippen LogP contribution in [0.5, 0.6) is 0 Å². The Hall–Kier alpha value is -2.32. The lowest BCUT2D eigenvalue weighted by atomic mass is 9.84. The summed E-state index contributed by atoms with van der Waals surface area (Å²) in [7, 11) is 0. The highest BCUT2D eigenvalue weighted by Crippen LogP contribution is 2.33. The van der Waals surface area contributed by atoms with Gasteiger partial charge in [0.05, 0.1) is 6.04 Å². The number of amides is 2. The molecule has 2 unspecified atom stereocenters. The van der Waals surface area contributed by atoms with Gasteiger partial charge in [-0.15, -0.1) is 0 Å². The van der Waals surface area contributed by atoms with Gasteiger partial charge in [0.25, 0.3) is 0 Å². The molecule has 3 rings (SSSR count). The van der Waals surface area contributed by atoms with E-state index in [0.717, 1.165) is 25.9 Å². The van der Waals surface area contributed by atoms with Gasteiger partial charge in [-0.05, 0) is 38.8 Å². The molecule has 2 saturated heterocycles. The van der Waals surface area contributed by atoms with Gasteiger partial charge in [-0.25, -0.2) is 4.39 Å². The third-order valence-electron chi connectivity index (χ3n) is 6.37. The summed E-state index contributed by atoms with van der Waals surface area (Å²) in [6.45, 7) is 3.77. The Morgan fingerprint density at radius 3 is 2.23 bits per heavy atom. The number of primary amides is 1. The molecule has 2 atom stereocenters. The van der Waals surface area contributed by atoms with Crippen molar-refractivity contribution in [3.05, 3.63) is 35.9 Å². The van der Waals surface area contributed by atoms with Gasteiger partial charge in [0.2, 0.25) is 11.8 Å². The fourth-order valence-electron chi connectivity index (χ4n) is 4.66. The summed E-state index contributed by atoms with van der Waals surface area (Å²) in [6.07, 6.45) is 1.49. The lowest BCUT2D eigenvalue weighted by Gasteiger charge is -2.46. The lowest BCUT2D eigenvalue weighted by Crippen LogP contribution is -2.62. The number of benzene rings is 1. The number of piperidine rings is 1. The molecule has 0 aliphatic carbocycles. The Balaban J connectivity index is 1.65. The van der Waals surface area contributed by atoms with Crippen molar-refractivity contribution in [1.29, 1.82) is 0 Å². The summed E-state index contributed by atoms with van der Waals surface area (Å²) >= 11 is 0. The molecule has 1 aromatic carbocycles. The van der Waals surface area contributed by atoms with Crippen LogP contribution in [0, 0.1) is 0 Å². The smallest absolute Gasteiger partial charge is 0.238 e. The highest BCUT2D eigenvalue weighted by atomic mass is 19.1. The number of nitrogens with two attached hydrogens (primary N) is 1. The molecule has 2 fully saturated rings. The molecule has 2 amide bonds. The molecule has 30 heavy (non-hydrogen) atoms. The first-order valence-electron chi connectivity index (χ1n) is 10.6. The number of nitrogens with one attached hydrogen (secondary N) is 1. The van der Waals surface area contributed by atoms with Crippen molar-refractivity contribution < 1.29 is 18.8 Å². The number of hydrogen-bond donors (Lipinski definition) is 2. The Kier molecular flexibility index (Phi) is 7.20. The number of Topliss-reactive ketones (excluding diaryl/α,β-unsaturated/α-hetero) is 1. The number of alkyl halides is 1. The minimum absolute atomic E-state index is 0.138. The number of ketones is 1. The molecule has 8 heteroatoms. The zero-order chi connectivity index (χ0) is 21.7. The van der Waals surface area contributed by atoms with Gasteiger partial charge in [0.15, 0.2) is 12.1 Å². The Bertz CT molecular complexity index is 759. The van der Waals surface area contributed by atoms with Crippen LogP contribution in [-0.2, 0) is 9.59 Å². The molecule has 2 aliphatic heterocycles. The number of hydrogen-bond acceptors (Lipinski definition) is 5.